The van der Waals surface area contributed by atoms with Gasteiger partial charge in [-0.25, -0.2) is 0 Å². The molecule has 1 heterocycles. The van der Waals surface area contributed by atoms with Crippen LogP contribution in [0.5, 0.6) is 0 Å². The molecule has 0 saturated carbocycles. The van der Waals surface area contributed by atoms with Gasteiger partial charge < -0.3 is 4.42 Å². The molecule has 0 fully saturated rings. The van der Waals surface area contributed by atoms with E-state index in [0.29, 0.717) is 5.88 Å². The summed E-state index contributed by atoms with van der Waals surface area (Å²) in [5.41, 5.74) is 1.39. The van der Waals surface area contributed by atoms with Crippen LogP contribution in [0.2, 0.25) is 0 Å². The number of rotatable bonds is 3. The fourth-order valence-corrected chi connectivity index (χ4v) is 1.09. The van der Waals surface area contributed by atoms with Gasteiger partial charge in [0.05, 0.1) is 12.5 Å². The average molecular weight is 173 g/mol. The summed E-state index contributed by atoms with van der Waals surface area (Å²) in [6, 6.07) is 1.98. The smallest absolute Gasteiger partial charge is 0.0934 e. The minimum Gasteiger partial charge on any atom is -0.472 e. The Kier molecular flexibility index (Phi) is 2.61. The predicted molar refractivity (Wildman–Crippen MR) is 46.9 cm³/mol. The molecule has 0 N–H and O–H groups in total. The highest BCUT2D eigenvalue weighted by Gasteiger charge is 2.17. The van der Waals surface area contributed by atoms with Gasteiger partial charge in [-0.3, -0.25) is 0 Å². The van der Waals surface area contributed by atoms with Gasteiger partial charge in [0.25, 0.3) is 0 Å². The molecule has 1 aromatic rings. The Bertz CT molecular complexity index is 201. The van der Waals surface area contributed by atoms with E-state index < -0.39 is 0 Å². The van der Waals surface area contributed by atoms with Crippen molar-refractivity contribution in [1.82, 2.24) is 0 Å². The molecule has 0 radical (unpaired) electrons. The first-order chi connectivity index (χ1) is 5.14. The molecule has 0 atom stereocenters. The summed E-state index contributed by atoms with van der Waals surface area (Å²) in [6.45, 7) is 4.29. The van der Waals surface area contributed by atoms with Crippen LogP contribution in [0.15, 0.2) is 23.0 Å². The molecule has 0 aliphatic carbocycles. The molecule has 1 rings (SSSR count). The van der Waals surface area contributed by atoms with E-state index in [9.17, 15) is 0 Å². The summed E-state index contributed by atoms with van der Waals surface area (Å²) in [4.78, 5) is 0. The molecule has 11 heavy (non-hydrogen) atoms. The normalized spacial score (nSPS) is 11.9. The summed E-state index contributed by atoms with van der Waals surface area (Å²) >= 11 is 5.78. The van der Waals surface area contributed by atoms with E-state index in [1.165, 1.54) is 5.56 Å². The molecular formula is C9H13ClO. The zero-order valence-electron chi connectivity index (χ0n) is 6.93. The van der Waals surface area contributed by atoms with Gasteiger partial charge in [-0.05, 0) is 23.5 Å². The van der Waals surface area contributed by atoms with Crippen LogP contribution in [0.4, 0.5) is 0 Å². The van der Waals surface area contributed by atoms with Crippen molar-refractivity contribution in [3.05, 3.63) is 24.2 Å². The summed E-state index contributed by atoms with van der Waals surface area (Å²) in [7, 11) is 0. The van der Waals surface area contributed by atoms with Gasteiger partial charge in [-0.2, -0.15) is 0 Å². The van der Waals surface area contributed by atoms with Crippen molar-refractivity contribution in [2.45, 2.75) is 20.3 Å². The third-order valence-electron chi connectivity index (χ3n) is 1.62. The number of halogens is 1. The van der Waals surface area contributed by atoms with Crippen molar-refractivity contribution in [2.24, 2.45) is 5.41 Å². The van der Waals surface area contributed by atoms with E-state index in [4.69, 9.17) is 16.0 Å². The molecule has 0 aliphatic rings. The molecular weight excluding hydrogens is 160 g/mol. The zero-order chi connectivity index (χ0) is 8.32. The highest BCUT2D eigenvalue weighted by molar-refractivity contribution is 6.18. The predicted octanol–water partition coefficient (Wildman–Crippen LogP) is 3.09. The van der Waals surface area contributed by atoms with Gasteiger partial charge in [0.1, 0.15) is 0 Å². The largest absolute Gasteiger partial charge is 0.472 e. The van der Waals surface area contributed by atoms with E-state index in [-0.39, 0.29) is 5.41 Å². The third kappa shape index (κ3) is 2.58. The lowest BCUT2D eigenvalue weighted by atomic mass is 9.89. The van der Waals surface area contributed by atoms with Crippen LogP contribution in [0.25, 0.3) is 0 Å². The molecule has 0 unspecified atom stereocenters. The van der Waals surface area contributed by atoms with E-state index >= 15 is 0 Å². The van der Waals surface area contributed by atoms with Crippen LogP contribution in [-0.2, 0) is 6.42 Å². The number of hydrogen-bond acceptors (Lipinski definition) is 1. The molecule has 0 bridgehead atoms. The molecule has 0 aromatic carbocycles. The molecule has 0 aliphatic heterocycles. The maximum absolute atomic E-state index is 5.78. The van der Waals surface area contributed by atoms with E-state index in [2.05, 4.69) is 13.8 Å². The average Bonchev–Trinajstić information content (AvgIpc) is 2.39. The monoisotopic (exact) mass is 172 g/mol. The van der Waals surface area contributed by atoms with Gasteiger partial charge in [0, 0.05) is 5.88 Å². The van der Waals surface area contributed by atoms with Crippen LogP contribution in [0.3, 0.4) is 0 Å². The summed E-state index contributed by atoms with van der Waals surface area (Å²) in [5, 5.41) is 0. The first-order valence-electron chi connectivity index (χ1n) is 3.71. The van der Waals surface area contributed by atoms with Crippen LogP contribution in [-0.4, -0.2) is 5.88 Å². The molecule has 1 nitrogen and oxygen atoms in total. The van der Waals surface area contributed by atoms with Crippen LogP contribution >= 0.6 is 11.6 Å². The van der Waals surface area contributed by atoms with Gasteiger partial charge in [-0.15, -0.1) is 11.6 Å². The lowest BCUT2D eigenvalue weighted by Gasteiger charge is -2.19. The molecule has 0 saturated heterocycles. The summed E-state index contributed by atoms with van der Waals surface area (Å²) < 4.78 is 4.96. The van der Waals surface area contributed by atoms with Crippen molar-refractivity contribution in [2.75, 3.05) is 5.88 Å². The maximum atomic E-state index is 5.78. The molecule has 0 spiro atoms. The number of hydrogen-bond donors (Lipinski definition) is 0. The SMILES string of the molecule is CC(C)(CCl)Cc1ccoc1. The highest BCUT2D eigenvalue weighted by Crippen LogP contribution is 2.23. The van der Waals surface area contributed by atoms with Crippen molar-refractivity contribution in [3.8, 4) is 0 Å². The Balaban J connectivity index is 2.56. The summed E-state index contributed by atoms with van der Waals surface area (Å²) in [5.74, 6) is 0.679. The van der Waals surface area contributed by atoms with Crippen LogP contribution < -0.4 is 0 Å². The Morgan fingerprint density at radius 3 is 2.73 bits per heavy atom. The quantitative estimate of drug-likeness (QED) is 0.639. The second kappa shape index (κ2) is 3.31. The molecule has 1 aromatic heterocycles. The maximum Gasteiger partial charge on any atom is 0.0934 e. The highest BCUT2D eigenvalue weighted by atomic mass is 35.5. The van der Waals surface area contributed by atoms with Crippen molar-refractivity contribution in [1.29, 1.82) is 0 Å². The molecule has 2 heteroatoms. The minimum atomic E-state index is 0.172. The van der Waals surface area contributed by atoms with Gasteiger partial charge in [0.2, 0.25) is 0 Å². The standard InChI is InChI=1S/C9H13ClO/c1-9(2,7-10)5-8-3-4-11-6-8/h3-4,6H,5,7H2,1-2H3. The first-order valence-corrected chi connectivity index (χ1v) is 4.24. The second-order valence-electron chi connectivity index (χ2n) is 3.61. The number of furan rings is 1. The lowest BCUT2D eigenvalue weighted by Crippen LogP contribution is -2.16. The first kappa shape index (κ1) is 8.66. The van der Waals surface area contributed by atoms with Gasteiger partial charge >= 0.3 is 0 Å². The Hall–Kier alpha value is -0.430. The Morgan fingerprint density at radius 1 is 1.55 bits per heavy atom. The van der Waals surface area contributed by atoms with Gasteiger partial charge in [-0.1, -0.05) is 13.8 Å². The van der Waals surface area contributed by atoms with E-state index in [1.54, 1.807) is 12.5 Å². The number of alkyl halides is 1. The fraction of sp³-hybridized carbons (Fsp3) is 0.556. The van der Waals surface area contributed by atoms with Crippen molar-refractivity contribution in [3.63, 3.8) is 0 Å². The second-order valence-corrected chi connectivity index (χ2v) is 3.87. The minimum absolute atomic E-state index is 0.172. The van der Waals surface area contributed by atoms with Crippen molar-refractivity contribution >= 4 is 11.6 Å². The van der Waals surface area contributed by atoms with E-state index in [1.807, 2.05) is 6.07 Å². The third-order valence-corrected chi connectivity index (χ3v) is 2.35. The van der Waals surface area contributed by atoms with Crippen LogP contribution in [0.1, 0.15) is 19.4 Å². The van der Waals surface area contributed by atoms with Crippen LogP contribution in [0, 0.1) is 5.41 Å². The topological polar surface area (TPSA) is 13.1 Å². The Morgan fingerprint density at radius 2 is 2.27 bits per heavy atom. The summed E-state index contributed by atoms with van der Waals surface area (Å²) in [6.07, 6.45) is 4.45. The fourth-order valence-electron chi connectivity index (χ4n) is 0.993. The lowest BCUT2D eigenvalue weighted by molar-refractivity contribution is 0.415. The van der Waals surface area contributed by atoms with Crippen molar-refractivity contribution < 1.29 is 4.42 Å². The van der Waals surface area contributed by atoms with E-state index in [0.717, 1.165) is 6.42 Å². The van der Waals surface area contributed by atoms with Gasteiger partial charge in [0.15, 0.2) is 0 Å². The molecule has 0 amide bonds. The molecule has 62 valence electrons. The zero-order valence-corrected chi connectivity index (χ0v) is 7.69. The Labute approximate surface area is 72.4 Å².